The molecule has 0 bridgehead atoms. The molecular formula is C25H28N2O8. The highest BCUT2D eigenvalue weighted by Gasteiger charge is 2.50. The van der Waals surface area contributed by atoms with Gasteiger partial charge in [-0.2, -0.15) is 0 Å². The molecule has 2 aromatic carbocycles. The molecule has 0 saturated carbocycles. The summed E-state index contributed by atoms with van der Waals surface area (Å²) in [5.41, 5.74) is 1.22. The van der Waals surface area contributed by atoms with Crippen LogP contribution in [0.25, 0.3) is 11.1 Å². The maximum Gasteiger partial charge on any atom is 0.330 e. The molecule has 186 valence electrons. The van der Waals surface area contributed by atoms with Gasteiger partial charge in [-0.25, -0.2) is 9.59 Å². The van der Waals surface area contributed by atoms with Gasteiger partial charge in [0.25, 0.3) is 0 Å². The monoisotopic (exact) mass is 484 g/mol. The number of methoxy groups -OCH3 is 2. The number of fused-ring (bicyclic) bond motifs is 3. The Kier molecular flexibility index (Phi) is 8.21. The second kappa shape index (κ2) is 11.1. The fourth-order valence-electron chi connectivity index (χ4n) is 4.25. The van der Waals surface area contributed by atoms with E-state index in [1.54, 1.807) is 24.3 Å². The average molecular weight is 485 g/mol. The van der Waals surface area contributed by atoms with Crippen molar-refractivity contribution >= 4 is 23.8 Å². The van der Waals surface area contributed by atoms with Gasteiger partial charge in [0.15, 0.2) is 12.1 Å². The first-order chi connectivity index (χ1) is 16.8. The van der Waals surface area contributed by atoms with Crippen LogP contribution in [0.15, 0.2) is 48.5 Å². The van der Waals surface area contributed by atoms with Gasteiger partial charge >= 0.3 is 11.9 Å². The first-order valence-corrected chi connectivity index (χ1v) is 11.0. The second-order valence-electron chi connectivity index (χ2n) is 8.21. The van der Waals surface area contributed by atoms with E-state index in [1.807, 2.05) is 24.3 Å². The molecule has 10 nitrogen and oxygen atoms in total. The fourth-order valence-corrected chi connectivity index (χ4v) is 4.25. The predicted molar refractivity (Wildman–Crippen MR) is 124 cm³/mol. The zero-order chi connectivity index (χ0) is 25.6. The van der Waals surface area contributed by atoms with Crippen molar-refractivity contribution in [3.63, 3.8) is 0 Å². The Morgan fingerprint density at radius 1 is 0.771 bits per heavy atom. The largest absolute Gasteiger partial charge is 0.467 e. The van der Waals surface area contributed by atoms with E-state index in [2.05, 4.69) is 20.1 Å². The van der Waals surface area contributed by atoms with E-state index in [9.17, 15) is 29.4 Å². The van der Waals surface area contributed by atoms with Gasteiger partial charge < -0.3 is 30.3 Å². The van der Waals surface area contributed by atoms with Gasteiger partial charge in [-0.05, 0) is 35.1 Å². The fraction of sp³-hybridized carbons (Fsp3) is 0.360. The molecule has 0 aromatic heterocycles. The van der Waals surface area contributed by atoms with Crippen LogP contribution in [-0.2, 0) is 41.5 Å². The van der Waals surface area contributed by atoms with Crippen molar-refractivity contribution in [1.82, 2.24) is 10.6 Å². The summed E-state index contributed by atoms with van der Waals surface area (Å²) in [6.07, 6.45) is -0.150. The molecule has 0 radical (unpaired) electrons. The van der Waals surface area contributed by atoms with Crippen LogP contribution < -0.4 is 10.6 Å². The Morgan fingerprint density at radius 3 is 1.49 bits per heavy atom. The van der Waals surface area contributed by atoms with Gasteiger partial charge in [0.1, 0.15) is 5.41 Å². The van der Waals surface area contributed by atoms with Crippen molar-refractivity contribution in [2.45, 2.75) is 24.9 Å². The molecule has 10 heteroatoms. The third-order valence-corrected chi connectivity index (χ3v) is 6.13. The summed E-state index contributed by atoms with van der Waals surface area (Å²) in [4.78, 5) is 51.6. The smallest absolute Gasteiger partial charge is 0.330 e. The highest BCUT2D eigenvalue weighted by Crippen LogP contribution is 2.40. The molecule has 4 N–H and O–H groups in total. The molecular weight excluding hydrogens is 456 g/mol. The zero-order valence-corrected chi connectivity index (χ0v) is 19.4. The van der Waals surface area contributed by atoms with Gasteiger partial charge in [0.2, 0.25) is 11.8 Å². The van der Waals surface area contributed by atoms with Crippen molar-refractivity contribution in [3.05, 3.63) is 59.7 Å². The topological polar surface area (TPSA) is 151 Å². The standard InChI is InChI=1S/C25H28N2O8/c1-34-21(30)19(13-28)26-23(32)25(24(33)27-20(14-29)22(31)35-2)11-15-7-3-5-9-17(15)18-10-6-4-8-16(18)12-25/h3-10,19-20,28-29H,11-14H2,1-2H3,(H,26,32)(H,27,33). The Balaban J connectivity index is 2.14. The van der Waals surface area contributed by atoms with Gasteiger partial charge in [-0.1, -0.05) is 48.5 Å². The van der Waals surface area contributed by atoms with Crippen molar-refractivity contribution in [3.8, 4) is 11.1 Å². The van der Waals surface area contributed by atoms with Crippen LogP contribution in [0.3, 0.4) is 0 Å². The highest BCUT2D eigenvalue weighted by molar-refractivity contribution is 6.08. The summed E-state index contributed by atoms with van der Waals surface area (Å²) in [6.45, 7) is -1.49. The number of rotatable bonds is 8. The van der Waals surface area contributed by atoms with E-state index in [0.717, 1.165) is 25.3 Å². The average Bonchev–Trinajstić information content (AvgIpc) is 3.04. The second-order valence-corrected chi connectivity index (χ2v) is 8.21. The molecule has 1 aliphatic rings. The lowest BCUT2D eigenvalue weighted by Crippen LogP contribution is -2.60. The Hall–Kier alpha value is -3.76. The molecule has 2 aromatic rings. The number of carbonyl (C=O) groups is 4. The summed E-state index contributed by atoms with van der Waals surface area (Å²) < 4.78 is 9.28. The molecule has 0 spiro atoms. The van der Waals surface area contributed by atoms with E-state index < -0.39 is 54.5 Å². The normalized spacial score (nSPS) is 15.3. The van der Waals surface area contributed by atoms with E-state index in [4.69, 9.17) is 0 Å². The van der Waals surface area contributed by atoms with Gasteiger partial charge in [0, 0.05) is 0 Å². The van der Waals surface area contributed by atoms with E-state index >= 15 is 0 Å². The molecule has 3 rings (SSSR count). The number of amides is 2. The maximum absolute atomic E-state index is 13.8. The zero-order valence-electron chi connectivity index (χ0n) is 19.4. The minimum absolute atomic E-state index is 0.0752. The number of esters is 2. The van der Waals surface area contributed by atoms with E-state index in [0.29, 0.717) is 11.1 Å². The van der Waals surface area contributed by atoms with Crippen LogP contribution in [-0.4, -0.2) is 73.5 Å². The molecule has 35 heavy (non-hydrogen) atoms. The van der Waals surface area contributed by atoms with Crippen molar-refractivity contribution < 1.29 is 38.9 Å². The van der Waals surface area contributed by atoms with Crippen LogP contribution in [0.1, 0.15) is 11.1 Å². The molecule has 0 heterocycles. The number of ether oxygens (including phenoxy) is 2. The van der Waals surface area contributed by atoms with E-state index in [1.165, 1.54) is 0 Å². The Labute approximate surface area is 202 Å². The SMILES string of the molecule is COC(=O)C(CO)NC(=O)C1(C(=O)NC(CO)C(=O)OC)Cc2ccccc2-c2ccccc2C1. The lowest BCUT2D eigenvalue weighted by Gasteiger charge is -2.33. The molecule has 2 unspecified atom stereocenters. The van der Waals surface area contributed by atoms with Crippen LogP contribution in [0.5, 0.6) is 0 Å². The van der Waals surface area contributed by atoms with Gasteiger partial charge in [-0.3, -0.25) is 9.59 Å². The van der Waals surface area contributed by atoms with Gasteiger partial charge in [-0.15, -0.1) is 0 Å². The first kappa shape index (κ1) is 25.9. The van der Waals surface area contributed by atoms with Crippen LogP contribution in [0.4, 0.5) is 0 Å². The van der Waals surface area contributed by atoms with Crippen LogP contribution in [0, 0.1) is 5.41 Å². The van der Waals surface area contributed by atoms with Crippen molar-refractivity contribution in [2.75, 3.05) is 27.4 Å². The quantitative estimate of drug-likeness (QED) is 0.296. The minimum Gasteiger partial charge on any atom is -0.467 e. The van der Waals surface area contributed by atoms with Crippen LogP contribution >= 0.6 is 0 Å². The summed E-state index contributed by atoms with van der Waals surface area (Å²) in [6, 6.07) is 11.8. The minimum atomic E-state index is -1.84. The van der Waals surface area contributed by atoms with Crippen LogP contribution in [0.2, 0.25) is 0 Å². The molecule has 0 aliphatic heterocycles. The number of hydrogen-bond acceptors (Lipinski definition) is 8. The molecule has 1 aliphatic carbocycles. The highest BCUT2D eigenvalue weighted by atomic mass is 16.5. The van der Waals surface area contributed by atoms with E-state index in [-0.39, 0.29) is 12.8 Å². The Bertz CT molecular complexity index is 1030. The number of benzene rings is 2. The summed E-state index contributed by atoms with van der Waals surface area (Å²) >= 11 is 0. The number of aliphatic hydroxyl groups excluding tert-OH is 2. The number of nitrogens with one attached hydrogen (secondary N) is 2. The van der Waals surface area contributed by atoms with Crippen molar-refractivity contribution in [2.24, 2.45) is 5.41 Å². The van der Waals surface area contributed by atoms with Crippen molar-refractivity contribution in [1.29, 1.82) is 0 Å². The van der Waals surface area contributed by atoms with Gasteiger partial charge in [0.05, 0.1) is 27.4 Å². The lowest BCUT2D eigenvalue weighted by atomic mass is 9.75. The molecule has 2 atom stereocenters. The summed E-state index contributed by atoms with van der Waals surface area (Å²) in [5.74, 6) is -3.44. The predicted octanol–water partition coefficient (Wildman–Crippen LogP) is -0.261. The summed E-state index contributed by atoms with van der Waals surface area (Å²) in [7, 11) is 2.22. The summed E-state index contributed by atoms with van der Waals surface area (Å²) in [5, 5.41) is 24.2. The first-order valence-electron chi connectivity index (χ1n) is 11.0. The molecule has 2 amide bonds. The number of hydrogen-bond donors (Lipinski definition) is 4. The third kappa shape index (κ3) is 5.18. The third-order valence-electron chi connectivity index (χ3n) is 6.13. The lowest BCUT2D eigenvalue weighted by molar-refractivity contribution is -0.153. The Morgan fingerprint density at radius 2 is 1.14 bits per heavy atom. The molecule has 0 saturated heterocycles. The maximum atomic E-state index is 13.8. The number of carbonyl (C=O) groups excluding carboxylic acids is 4. The molecule has 0 fully saturated rings. The number of aliphatic hydroxyl groups is 2.